The Morgan fingerprint density at radius 1 is 1.35 bits per heavy atom. The van der Waals surface area contributed by atoms with Crippen LogP contribution in [0.25, 0.3) is 0 Å². The topological polar surface area (TPSA) is 83.0 Å². The predicted octanol–water partition coefficient (Wildman–Crippen LogP) is 2.73. The molecular weight excluding hydrogens is 362 g/mol. The van der Waals surface area contributed by atoms with Crippen LogP contribution in [-0.2, 0) is 4.79 Å². The molecule has 3 N–H and O–H groups in total. The van der Waals surface area contributed by atoms with Crippen LogP contribution in [-0.4, -0.2) is 30.9 Å². The van der Waals surface area contributed by atoms with E-state index in [1.54, 1.807) is 12.1 Å². The van der Waals surface area contributed by atoms with Gasteiger partial charge in [0, 0.05) is 15.7 Å². The highest BCUT2D eigenvalue weighted by Gasteiger charge is 2.02. The van der Waals surface area contributed by atoms with Crippen LogP contribution in [0.3, 0.4) is 0 Å². The van der Waals surface area contributed by atoms with Gasteiger partial charge in [-0.05, 0) is 36.4 Å². The molecule has 0 aliphatic carbocycles. The lowest BCUT2D eigenvalue weighted by molar-refractivity contribution is -0.119. The highest BCUT2D eigenvalue weighted by molar-refractivity contribution is 9.10. The van der Waals surface area contributed by atoms with Crippen LogP contribution in [0.4, 0.5) is 5.69 Å². The average Bonchev–Trinajstić information content (AvgIpc) is 2.55. The molecular formula is C16H16BrN3O3. The third kappa shape index (κ3) is 5.30. The van der Waals surface area contributed by atoms with Crippen molar-refractivity contribution in [3.05, 3.63) is 52.5 Å². The first kappa shape index (κ1) is 16.8. The predicted molar refractivity (Wildman–Crippen MR) is 93.0 cm³/mol. The van der Waals surface area contributed by atoms with Gasteiger partial charge in [0.1, 0.15) is 11.5 Å². The van der Waals surface area contributed by atoms with Crippen molar-refractivity contribution in [3.63, 3.8) is 0 Å². The second-order valence-electron chi connectivity index (χ2n) is 4.58. The van der Waals surface area contributed by atoms with Crippen LogP contribution in [0.5, 0.6) is 11.5 Å². The Hall–Kier alpha value is -2.54. The Bertz CT molecular complexity index is 719. The number of hydrogen-bond donors (Lipinski definition) is 3. The summed E-state index contributed by atoms with van der Waals surface area (Å²) in [5.74, 6) is 0.339. The standard InChI is InChI=1S/C16H16BrN3O3/c1-23-14-5-6-15(21)11(7-14)9-19-20-16(22)10-18-13-4-2-3-12(17)8-13/h2-9,18,21H,10H2,1H3,(H,20,22)/b19-9+. The third-order valence-electron chi connectivity index (χ3n) is 2.91. The van der Waals surface area contributed by atoms with Crippen molar-refractivity contribution in [3.8, 4) is 11.5 Å². The van der Waals surface area contributed by atoms with Gasteiger partial charge in [-0.1, -0.05) is 22.0 Å². The quantitative estimate of drug-likeness (QED) is 0.533. The second-order valence-corrected chi connectivity index (χ2v) is 5.50. The van der Waals surface area contributed by atoms with Crippen molar-refractivity contribution in [2.24, 2.45) is 5.10 Å². The van der Waals surface area contributed by atoms with Crippen LogP contribution in [0.15, 0.2) is 52.0 Å². The number of rotatable bonds is 6. The summed E-state index contributed by atoms with van der Waals surface area (Å²) in [5.41, 5.74) is 3.66. The highest BCUT2D eigenvalue weighted by atomic mass is 79.9. The van der Waals surface area contributed by atoms with Crippen LogP contribution >= 0.6 is 15.9 Å². The Labute approximate surface area is 142 Å². The average molecular weight is 378 g/mol. The number of carbonyl (C=O) groups is 1. The molecule has 0 saturated carbocycles. The molecule has 0 radical (unpaired) electrons. The molecule has 2 rings (SSSR count). The molecule has 0 saturated heterocycles. The summed E-state index contributed by atoms with van der Waals surface area (Å²) >= 11 is 3.36. The van der Waals surface area contributed by atoms with E-state index in [0.29, 0.717) is 11.3 Å². The number of anilines is 1. The molecule has 0 aliphatic rings. The monoisotopic (exact) mass is 377 g/mol. The molecule has 6 nitrogen and oxygen atoms in total. The number of amides is 1. The zero-order valence-electron chi connectivity index (χ0n) is 12.4. The van der Waals surface area contributed by atoms with Crippen LogP contribution < -0.4 is 15.5 Å². The molecule has 0 atom stereocenters. The Kier molecular flexibility index (Phi) is 5.99. The summed E-state index contributed by atoms with van der Waals surface area (Å²) in [6.45, 7) is 0.0812. The number of carbonyl (C=O) groups excluding carboxylic acids is 1. The first-order chi connectivity index (χ1) is 11.1. The molecule has 23 heavy (non-hydrogen) atoms. The van der Waals surface area contributed by atoms with E-state index >= 15 is 0 Å². The largest absolute Gasteiger partial charge is 0.507 e. The fourth-order valence-corrected chi connectivity index (χ4v) is 2.16. The Morgan fingerprint density at radius 3 is 2.91 bits per heavy atom. The molecule has 0 aliphatic heterocycles. The molecule has 120 valence electrons. The number of benzene rings is 2. The molecule has 0 unspecified atom stereocenters. The number of phenols is 1. The van der Waals surface area contributed by atoms with Gasteiger partial charge in [-0.2, -0.15) is 5.10 Å². The molecule has 2 aromatic carbocycles. The summed E-state index contributed by atoms with van der Waals surface area (Å²) < 4.78 is 5.99. The van der Waals surface area contributed by atoms with E-state index in [0.717, 1.165) is 10.2 Å². The van der Waals surface area contributed by atoms with E-state index in [2.05, 4.69) is 31.8 Å². The van der Waals surface area contributed by atoms with Gasteiger partial charge in [-0.3, -0.25) is 4.79 Å². The fourth-order valence-electron chi connectivity index (χ4n) is 1.76. The number of nitrogens with one attached hydrogen (secondary N) is 2. The van der Waals surface area contributed by atoms with E-state index in [1.807, 2.05) is 24.3 Å². The van der Waals surface area contributed by atoms with Gasteiger partial charge in [-0.15, -0.1) is 0 Å². The third-order valence-corrected chi connectivity index (χ3v) is 3.40. The molecule has 1 amide bonds. The lowest BCUT2D eigenvalue weighted by Gasteiger charge is -2.06. The minimum absolute atomic E-state index is 0.0519. The van der Waals surface area contributed by atoms with Crippen molar-refractivity contribution < 1.29 is 14.6 Å². The smallest absolute Gasteiger partial charge is 0.259 e. The van der Waals surface area contributed by atoms with E-state index in [1.165, 1.54) is 19.4 Å². The van der Waals surface area contributed by atoms with E-state index in [9.17, 15) is 9.90 Å². The van der Waals surface area contributed by atoms with Gasteiger partial charge in [0.2, 0.25) is 0 Å². The highest BCUT2D eigenvalue weighted by Crippen LogP contribution is 2.20. The first-order valence-electron chi connectivity index (χ1n) is 6.77. The molecule has 0 spiro atoms. The van der Waals surface area contributed by atoms with Gasteiger partial charge in [0.05, 0.1) is 19.9 Å². The Balaban J connectivity index is 1.86. The molecule has 0 bridgehead atoms. The zero-order chi connectivity index (χ0) is 16.7. The summed E-state index contributed by atoms with van der Waals surface area (Å²) in [4.78, 5) is 11.7. The van der Waals surface area contributed by atoms with Crippen molar-refractivity contribution >= 4 is 33.7 Å². The lowest BCUT2D eigenvalue weighted by atomic mass is 10.2. The molecule has 0 aromatic heterocycles. The number of ether oxygens (including phenoxy) is 1. The number of nitrogens with zero attached hydrogens (tertiary/aromatic N) is 1. The maximum absolute atomic E-state index is 11.7. The van der Waals surface area contributed by atoms with Crippen LogP contribution in [0.2, 0.25) is 0 Å². The van der Waals surface area contributed by atoms with E-state index in [-0.39, 0.29) is 18.2 Å². The summed E-state index contributed by atoms with van der Waals surface area (Å²) in [5, 5.41) is 16.5. The van der Waals surface area contributed by atoms with Gasteiger partial charge >= 0.3 is 0 Å². The van der Waals surface area contributed by atoms with Crippen LogP contribution in [0, 0.1) is 0 Å². The number of methoxy groups -OCH3 is 1. The number of halogens is 1. The minimum Gasteiger partial charge on any atom is -0.507 e. The molecule has 2 aromatic rings. The van der Waals surface area contributed by atoms with Gasteiger partial charge < -0.3 is 15.2 Å². The number of aromatic hydroxyl groups is 1. The van der Waals surface area contributed by atoms with E-state index in [4.69, 9.17) is 4.74 Å². The summed E-state index contributed by atoms with van der Waals surface area (Å²) in [7, 11) is 1.53. The summed E-state index contributed by atoms with van der Waals surface area (Å²) in [6.07, 6.45) is 1.36. The SMILES string of the molecule is COc1ccc(O)c(/C=N/NC(=O)CNc2cccc(Br)c2)c1. The van der Waals surface area contributed by atoms with Crippen LogP contribution in [0.1, 0.15) is 5.56 Å². The second kappa shape index (κ2) is 8.19. The van der Waals surface area contributed by atoms with E-state index < -0.39 is 0 Å². The number of hydrazone groups is 1. The van der Waals surface area contributed by atoms with Gasteiger partial charge in [0.15, 0.2) is 0 Å². The van der Waals surface area contributed by atoms with Crippen molar-refractivity contribution in [2.45, 2.75) is 0 Å². The van der Waals surface area contributed by atoms with Crippen molar-refractivity contribution in [1.29, 1.82) is 0 Å². The minimum atomic E-state index is -0.302. The van der Waals surface area contributed by atoms with Gasteiger partial charge in [0.25, 0.3) is 5.91 Å². The molecule has 0 fully saturated rings. The number of phenolic OH excluding ortho intramolecular Hbond substituents is 1. The Morgan fingerprint density at radius 2 is 2.17 bits per heavy atom. The summed E-state index contributed by atoms with van der Waals surface area (Å²) in [6, 6.07) is 12.2. The maximum Gasteiger partial charge on any atom is 0.259 e. The number of hydrogen-bond acceptors (Lipinski definition) is 5. The zero-order valence-corrected chi connectivity index (χ0v) is 14.0. The van der Waals surface area contributed by atoms with Gasteiger partial charge in [-0.25, -0.2) is 5.43 Å². The normalized spacial score (nSPS) is 10.5. The van der Waals surface area contributed by atoms with Crippen molar-refractivity contribution in [1.82, 2.24) is 5.43 Å². The first-order valence-corrected chi connectivity index (χ1v) is 7.56. The van der Waals surface area contributed by atoms with Crippen molar-refractivity contribution in [2.75, 3.05) is 19.0 Å². The molecule has 0 heterocycles. The molecule has 7 heteroatoms. The maximum atomic E-state index is 11.7. The fraction of sp³-hybridized carbons (Fsp3) is 0.125. The lowest BCUT2D eigenvalue weighted by Crippen LogP contribution is -2.25.